The number of nitrogens with zero attached hydrogens (tertiary/aromatic N) is 1. The van der Waals surface area contributed by atoms with Crippen molar-refractivity contribution in [2.24, 2.45) is 0 Å². The van der Waals surface area contributed by atoms with E-state index in [1.807, 2.05) is 0 Å². The van der Waals surface area contributed by atoms with Gasteiger partial charge in [0.1, 0.15) is 18.4 Å². The zero-order chi connectivity index (χ0) is 16.2. The SMILES string of the molecule is Cl.OCC(F)(F)[C@H](c1ccccc1OC(F)F)N1CCNCC1. The Hall–Kier alpha value is -1.09. The molecule has 1 aliphatic heterocycles. The minimum Gasteiger partial charge on any atom is -0.434 e. The van der Waals surface area contributed by atoms with Crippen LogP contribution in [0.4, 0.5) is 17.6 Å². The van der Waals surface area contributed by atoms with Crippen LogP contribution in [0.25, 0.3) is 0 Å². The molecule has 1 heterocycles. The summed E-state index contributed by atoms with van der Waals surface area (Å²) in [5.74, 6) is -3.77. The molecule has 0 saturated carbocycles. The summed E-state index contributed by atoms with van der Waals surface area (Å²) in [6, 6.07) is 3.95. The first-order chi connectivity index (χ1) is 10.5. The highest BCUT2D eigenvalue weighted by Gasteiger charge is 2.45. The summed E-state index contributed by atoms with van der Waals surface area (Å²) in [4.78, 5) is 1.47. The Bertz CT molecular complexity index is 488. The lowest BCUT2D eigenvalue weighted by atomic mass is 9.97. The van der Waals surface area contributed by atoms with Gasteiger partial charge < -0.3 is 15.2 Å². The number of para-hydroxylation sites is 1. The average Bonchev–Trinajstić information content (AvgIpc) is 2.49. The van der Waals surface area contributed by atoms with E-state index in [-0.39, 0.29) is 23.7 Å². The molecule has 0 aliphatic carbocycles. The van der Waals surface area contributed by atoms with Crippen LogP contribution in [0.2, 0.25) is 0 Å². The van der Waals surface area contributed by atoms with Crippen LogP contribution in [0.5, 0.6) is 5.75 Å². The maximum Gasteiger partial charge on any atom is 0.387 e. The summed E-state index contributed by atoms with van der Waals surface area (Å²) < 4.78 is 57.9. The van der Waals surface area contributed by atoms with E-state index in [0.29, 0.717) is 26.2 Å². The topological polar surface area (TPSA) is 44.7 Å². The first-order valence-corrected chi connectivity index (χ1v) is 6.93. The Morgan fingerprint density at radius 2 is 1.83 bits per heavy atom. The Kier molecular flexibility index (Phi) is 7.53. The first-order valence-electron chi connectivity index (χ1n) is 6.93. The first kappa shape index (κ1) is 20.0. The number of halogens is 5. The third-order valence-corrected chi connectivity index (χ3v) is 3.56. The lowest BCUT2D eigenvalue weighted by Gasteiger charge is -2.39. The summed E-state index contributed by atoms with van der Waals surface area (Å²) in [6.45, 7) is -2.81. The van der Waals surface area contributed by atoms with Crippen molar-refractivity contribution in [2.45, 2.75) is 18.6 Å². The van der Waals surface area contributed by atoms with Crippen LogP contribution in [0, 0.1) is 0 Å². The van der Waals surface area contributed by atoms with Crippen molar-refractivity contribution < 1.29 is 27.4 Å². The van der Waals surface area contributed by atoms with Crippen LogP contribution < -0.4 is 10.1 Å². The minimum absolute atomic E-state index is 0. The summed E-state index contributed by atoms with van der Waals surface area (Å²) in [5.41, 5.74) is -0.0521. The number of nitrogens with one attached hydrogen (secondary N) is 1. The van der Waals surface area contributed by atoms with E-state index >= 15 is 0 Å². The number of hydrogen-bond acceptors (Lipinski definition) is 4. The molecule has 0 radical (unpaired) electrons. The molecule has 1 aromatic carbocycles. The molecule has 2 rings (SSSR count). The smallest absolute Gasteiger partial charge is 0.387 e. The summed E-state index contributed by atoms with van der Waals surface area (Å²) in [5, 5.41) is 12.1. The Labute approximate surface area is 137 Å². The fourth-order valence-electron chi connectivity index (χ4n) is 2.63. The lowest BCUT2D eigenvalue weighted by Crippen LogP contribution is -2.51. The Morgan fingerprint density at radius 3 is 2.39 bits per heavy atom. The second-order valence-electron chi connectivity index (χ2n) is 5.02. The summed E-state index contributed by atoms with van der Waals surface area (Å²) in [7, 11) is 0. The third kappa shape index (κ3) is 4.94. The predicted octanol–water partition coefficient (Wildman–Crippen LogP) is 2.28. The Morgan fingerprint density at radius 1 is 1.22 bits per heavy atom. The van der Waals surface area contributed by atoms with Crippen molar-refractivity contribution in [1.29, 1.82) is 0 Å². The second-order valence-corrected chi connectivity index (χ2v) is 5.02. The largest absolute Gasteiger partial charge is 0.434 e. The molecule has 2 N–H and O–H groups in total. The monoisotopic (exact) mass is 358 g/mol. The number of aliphatic hydroxyl groups is 1. The van der Waals surface area contributed by atoms with Crippen molar-refractivity contribution >= 4 is 12.4 Å². The van der Waals surface area contributed by atoms with Crippen LogP contribution in [0.1, 0.15) is 11.6 Å². The highest BCUT2D eigenvalue weighted by Crippen LogP contribution is 2.40. The fraction of sp³-hybridized carbons (Fsp3) is 0.571. The number of piperazine rings is 1. The van der Waals surface area contributed by atoms with E-state index in [4.69, 9.17) is 5.11 Å². The van der Waals surface area contributed by atoms with E-state index in [0.717, 1.165) is 0 Å². The molecule has 1 fully saturated rings. The molecular weight excluding hydrogens is 340 g/mol. The van der Waals surface area contributed by atoms with Crippen molar-refractivity contribution in [3.8, 4) is 5.75 Å². The van der Waals surface area contributed by atoms with Gasteiger partial charge in [0, 0.05) is 31.7 Å². The summed E-state index contributed by atoms with van der Waals surface area (Å²) >= 11 is 0. The maximum absolute atomic E-state index is 14.2. The Balaban J connectivity index is 0.00000264. The molecule has 9 heteroatoms. The zero-order valence-corrected chi connectivity index (χ0v) is 13.0. The number of ether oxygens (including phenoxy) is 1. The quantitative estimate of drug-likeness (QED) is 0.766. The molecule has 0 bridgehead atoms. The van der Waals surface area contributed by atoms with Gasteiger partial charge in [-0.2, -0.15) is 8.78 Å². The van der Waals surface area contributed by atoms with Crippen LogP contribution in [-0.2, 0) is 0 Å². The number of alkyl halides is 4. The van der Waals surface area contributed by atoms with Gasteiger partial charge in [0.2, 0.25) is 0 Å². The van der Waals surface area contributed by atoms with Gasteiger partial charge in [-0.1, -0.05) is 18.2 Å². The van der Waals surface area contributed by atoms with Gasteiger partial charge in [0.05, 0.1) is 0 Å². The van der Waals surface area contributed by atoms with Crippen molar-refractivity contribution in [1.82, 2.24) is 10.2 Å². The minimum atomic E-state index is -3.47. The molecule has 0 unspecified atom stereocenters. The van der Waals surface area contributed by atoms with Gasteiger partial charge in [0.15, 0.2) is 0 Å². The van der Waals surface area contributed by atoms with Gasteiger partial charge >= 0.3 is 6.61 Å². The molecule has 1 aliphatic rings. The molecule has 0 aromatic heterocycles. The third-order valence-electron chi connectivity index (χ3n) is 3.56. The highest BCUT2D eigenvalue weighted by molar-refractivity contribution is 5.85. The molecule has 1 saturated heterocycles. The molecule has 132 valence electrons. The van der Waals surface area contributed by atoms with Gasteiger partial charge in [-0.15, -0.1) is 12.4 Å². The van der Waals surface area contributed by atoms with Crippen molar-refractivity contribution in [2.75, 3.05) is 32.8 Å². The van der Waals surface area contributed by atoms with Gasteiger partial charge in [-0.05, 0) is 6.07 Å². The predicted molar refractivity (Wildman–Crippen MR) is 79.5 cm³/mol. The highest BCUT2D eigenvalue weighted by atomic mass is 35.5. The van der Waals surface area contributed by atoms with Crippen molar-refractivity contribution in [3.63, 3.8) is 0 Å². The van der Waals surface area contributed by atoms with E-state index in [1.54, 1.807) is 0 Å². The normalized spacial score (nSPS) is 17.7. The van der Waals surface area contributed by atoms with Crippen molar-refractivity contribution in [3.05, 3.63) is 29.8 Å². The van der Waals surface area contributed by atoms with E-state index in [1.165, 1.54) is 29.2 Å². The molecule has 23 heavy (non-hydrogen) atoms. The van der Waals surface area contributed by atoms with Crippen LogP contribution in [0.3, 0.4) is 0 Å². The van der Waals surface area contributed by atoms with Gasteiger partial charge in [-0.3, -0.25) is 4.90 Å². The molecule has 1 aromatic rings. The molecule has 0 amide bonds. The number of hydrogen-bond donors (Lipinski definition) is 2. The van der Waals surface area contributed by atoms with E-state index in [9.17, 15) is 17.6 Å². The molecule has 0 spiro atoms. The number of aliphatic hydroxyl groups excluding tert-OH is 1. The average molecular weight is 359 g/mol. The van der Waals surface area contributed by atoms with E-state index in [2.05, 4.69) is 10.1 Å². The number of rotatable bonds is 6. The zero-order valence-electron chi connectivity index (χ0n) is 12.2. The lowest BCUT2D eigenvalue weighted by molar-refractivity contribution is -0.120. The standard InChI is InChI=1S/C14H18F4N2O2.ClH/c15-13(16)22-11-4-2-1-3-10(11)12(14(17,18)9-21)20-7-5-19-6-8-20;/h1-4,12-13,19,21H,5-9H2;1H/t12-;/m0./s1. The second kappa shape index (κ2) is 8.68. The van der Waals surface area contributed by atoms with Crippen LogP contribution in [0.15, 0.2) is 24.3 Å². The van der Waals surface area contributed by atoms with Gasteiger partial charge in [0.25, 0.3) is 5.92 Å². The van der Waals surface area contributed by atoms with Crippen LogP contribution in [-0.4, -0.2) is 55.3 Å². The maximum atomic E-state index is 14.2. The fourth-order valence-corrected chi connectivity index (χ4v) is 2.63. The number of benzene rings is 1. The van der Waals surface area contributed by atoms with Gasteiger partial charge in [-0.25, -0.2) is 8.78 Å². The molecule has 1 atom stereocenters. The van der Waals surface area contributed by atoms with E-state index < -0.39 is 25.2 Å². The summed E-state index contributed by atoms with van der Waals surface area (Å²) in [6.07, 6.45) is 0. The molecule has 4 nitrogen and oxygen atoms in total. The van der Waals surface area contributed by atoms with Crippen LogP contribution >= 0.6 is 12.4 Å². The molecular formula is C14H19ClF4N2O2.